The Labute approximate surface area is 128 Å². The van der Waals surface area contributed by atoms with Crippen molar-refractivity contribution in [2.45, 2.75) is 71.3 Å². The van der Waals surface area contributed by atoms with E-state index in [1.165, 1.54) is 18.4 Å². The first kappa shape index (κ1) is 16.1. The standard InChI is InChI=1S/C19H28O2/c1-3-5-6-8-17-13-14-18(21-19(17)20)16-11-9-15(7-4-2)10-12-16/h9-12,17-18H,3-8,13-14H2,1-2H3. The Balaban J connectivity index is 1.88. The number of hydrogen-bond acceptors (Lipinski definition) is 2. The van der Waals surface area contributed by atoms with Crippen LogP contribution in [0.5, 0.6) is 0 Å². The summed E-state index contributed by atoms with van der Waals surface area (Å²) in [6.45, 7) is 4.38. The van der Waals surface area contributed by atoms with Crippen molar-refractivity contribution in [2.24, 2.45) is 5.92 Å². The van der Waals surface area contributed by atoms with Gasteiger partial charge in [-0.15, -0.1) is 0 Å². The van der Waals surface area contributed by atoms with E-state index in [-0.39, 0.29) is 18.0 Å². The zero-order valence-electron chi connectivity index (χ0n) is 13.4. The van der Waals surface area contributed by atoms with Crippen LogP contribution in [-0.2, 0) is 16.0 Å². The van der Waals surface area contributed by atoms with Gasteiger partial charge in [-0.3, -0.25) is 4.79 Å². The molecule has 0 aliphatic carbocycles. The number of esters is 1. The highest BCUT2D eigenvalue weighted by molar-refractivity contribution is 5.73. The first-order valence-electron chi connectivity index (χ1n) is 8.54. The number of hydrogen-bond donors (Lipinski definition) is 0. The molecule has 0 saturated carbocycles. The summed E-state index contributed by atoms with van der Waals surface area (Å²) in [6, 6.07) is 8.58. The fourth-order valence-electron chi connectivity index (χ4n) is 3.09. The SMILES string of the molecule is CCCCCC1CCC(c2ccc(CCC)cc2)OC1=O. The Hall–Kier alpha value is -1.31. The van der Waals surface area contributed by atoms with E-state index in [4.69, 9.17) is 4.74 Å². The zero-order chi connectivity index (χ0) is 15.1. The van der Waals surface area contributed by atoms with Gasteiger partial charge in [0.05, 0.1) is 5.92 Å². The summed E-state index contributed by atoms with van der Waals surface area (Å²) >= 11 is 0. The van der Waals surface area contributed by atoms with Crippen LogP contribution in [0.2, 0.25) is 0 Å². The van der Waals surface area contributed by atoms with Crippen molar-refractivity contribution < 1.29 is 9.53 Å². The number of ether oxygens (including phenoxy) is 1. The number of aryl methyl sites for hydroxylation is 1. The van der Waals surface area contributed by atoms with Gasteiger partial charge in [0.25, 0.3) is 0 Å². The second kappa shape index (κ2) is 8.21. The van der Waals surface area contributed by atoms with Crippen molar-refractivity contribution in [3.05, 3.63) is 35.4 Å². The lowest BCUT2D eigenvalue weighted by Crippen LogP contribution is -2.26. The van der Waals surface area contributed by atoms with Crippen LogP contribution >= 0.6 is 0 Å². The molecule has 0 radical (unpaired) electrons. The van der Waals surface area contributed by atoms with Gasteiger partial charge in [0.2, 0.25) is 0 Å². The van der Waals surface area contributed by atoms with E-state index in [0.717, 1.165) is 44.1 Å². The lowest BCUT2D eigenvalue weighted by molar-refractivity contribution is -0.161. The van der Waals surface area contributed by atoms with Gasteiger partial charge in [-0.25, -0.2) is 0 Å². The predicted octanol–water partition coefficient (Wildman–Crippen LogP) is 5.21. The average Bonchev–Trinajstić information content (AvgIpc) is 2.50. The molecule has 2 heteroatoms. The number of carbonyl (C=O) groups is 1. The van der Waals surface area contributed by atoms with Crippen LogP contribution in [-0.4, -0.2) is 5.97 Å². The van der Waals surface area contributed by atoms with Crippen LogP contribution in [0.1, 0.15) is 76.0 Å². The summed E-state index contributed by atoms with van der Waals surface area (Å²) in [6.07, 6.45) is 8.75. The van der Waals surface area contributed by atoms with E-state index in [1.807, 2.05) is 0 Å². The Morgan fingerprint density at radius 1 is 1.05 bits per heavy atom. The fraction of sp³-hybridized carbons (Fsp3) is 0.632. The molecule has 2 nitrogen and oxygen atoms in total. The molecule has 2 unspecified atom stereocenters. The van der Waals surface area contributed by atoms with Gasteiger partial charge in [0, 0.05) is 0 Å². The van der Waals surface area contributed by atoms with Crippen molar-refractivity contribution in [1.82, 2.24) is 0 Å². The lowest BCUT2D eigenvalue weighted by atomic mass is 9.90. The third-order valence-corrected chi connectivity index (χ3v) is 4.42. The normalized spacial score (nSPS) is 22.1. The van der Waals surface area contributed by atoms with Crippen molar-refractivity contribution in [3.8, 4) is 0 Å². The van der Waals surface area contributed by atoms with Crippen LogP contribution in [0.25, 0.3) is 0 Å². The molecule has 0 amide bonds. The minimum Gasteiger partial charge on any atom is -0.457 e. The summed E-state index contributed by atoms with van der Waals surface area (Å²) in [5.74, 6) is 0.146. The van der Waals surface area contributed by atoms with Gasteiger partial charge in [0.1, 0.15) is 6.10 Å². The van der Waals surface area contributed by atoms with Gasteiger partial charge in [-0.05, 0) is 36.8 Å². The van der Waals surface area contributed by atoms with Crippen molar-refractivity contribution in [1.29, 1.82) is 0 Å². The molecule has 0 N–H and O–H groups in total. The Morgan fingerprint density at radius 2 is 1.81 bits per heavy atom. The number of carbonyl (C=O) groups excluding carboxylic acids is 1. The molecule has 2 atom stereocenters. The number of unbranched alkanes of at least 4 members (excludes halogenated alkanes) is 2. The second-order valence-electron chi connectivity index (χ2n) is 6.19. The van der Waals surface area contributed by atoms with Gasteiger partial charge in [0.15, 0.2) is 0 Å². The lowest BCUT2D eigenvalue weighted by Gasteiger charge is -2.28. The monoisotopic (exact) mass is 288 g/mol. The van der Waals surface area contributed by atoms with Gasteiger partial charge in [-0.1, -0.05) is 63.8 Å². The van der Waals surface area contributed by atoms with E-state index in [0.29, 0.717) is 0 Å². The third kappa shape index (κ3) is 4.59. The zero-order valence-corrected chi connectivity index (χ0v) is 13.4. The van der Waals surface area contributed by atoms with E-state index in [1.54, 1.807) is 0 Å². The molecule has 1 saturated heterocycles. The highest BCUT2D eigenvalue weighted by Gasteiger charge is 2.30. The minimum atomic E-state index is -0.0319. The molecule has 2 rings (SSSR count). The molecule has 116 valence electrons. The fourth-order valence-corrected chi connectivity index (χ4v) is 3.09. The topological polar surface area (TPSA) is 26.3 Å². The molecular weight excluding hydrogens is 260 g/mol. The highest BCUT2D eigenvalue weighted by Crippen LogP contribution is 2.33. The first-order chi connectivity index (χ1) is 10.2. The van der Waals surface area contributed by atoms with Gasteiger partial charge < -0.3 is 4.74 Å². The first-order valence-corrected chi connectivity index (χ1v) is 8.54. The number of rotatable bonds is 7. The van der Waals surface area contributed by atoms with E-state index >= 15 is 0 Å². The minimum absolute atomic E-state index is 0.0139. The van der Waals surface area contributed by atoms with Gasteiger partial charge >= 0.3 is 5.97 Å². The molecule has 1 aromatic carbocycles. The number of benzene rings is 1. The molecule has 1 aliphatic rings. The summed E-state index contributed by atoms with van der Waals surface area (Å²) < 4.78 is 5.68. The quantitative estimate of drug-likeness (QED) is 0.508. The van der Waals surface area contributed by atoms with Crippen LogP contribution < -0.4 is 0 Å². The van der Waals surface area contributed by atoms with Gasteiger partial charge in [-0.2, -0.15) is 0 Å². The highest BCUT2D eigenvalue weighted by atomic mass is 16.5. The summed E-state index contributed by atoms with van der Waals surface area (Å²) in [4.78, 5) is 12.1. The Bertz CT molecular complexity index is 435. The largest absolute Gasteiger partial charge is 0.457 e. The molecule has 1 aliphatic heterocycles. The predicted molar refractivity (Wildman–Crippen MR) is 86.1 cm³/mol. The van der Waals surface area contributed by atoms with Crippen LogP contribution in [0.15, 0.2) is 24.3 Å². The van der Waals surface area contributed by atoms with E-state index in [2.05, 4.69) is 38.1 Å². The second-order valence-corrected chi connectivity index (χ2v) is 6.19. The third-order valence-electron chi connectivity index (χ3n) is 4.42. The van der Waals surface area contributed by atoms with E-state index < -0.39 is 0 Å². The van der Waals surface area contributed by atoms with E-state index in [9.17, 15) is 4.79 Å². The molecule has 1 fully saturated rings. The maximum Gasteiger partial charge on any atom is 0.309 e. The molecular formula is C19H28O2. The summed E-state index contributed by atoms with van der Waals surface area (Å²) in [7, 11) is 0. The van der Waals surface area contributed by atoms with Crippen molar-refractivity contribution in [2.75, 3.05) is 0 Å². The average molecular weight is 288 g/mol. The Morgan fingerprint density at radius 3 is 2.43 bits per heavy atom. The Kier molecular flexibility index (Phi) is 6.28. The van der Waals surface area contributed by atoms with Crippen LogP contribution in [0, 0.1) is 5.92 Å². The van der Waals surface area contributed by atoms with Crippen LogP contribution in [0.3, 0.4) is 0 Å². The molecule has 1 heterocycles. The molecule has 0 bridgehead atoms. The molecule has 1 aromatic rings. The van der Waals surface area contributed by atoms with Crippen molar-refractivity contribution >= 4 is 5.97 Å². The summed E-state index contributed by atoms with van der Waals surface area (Å²) in [5.41, 5.74) is 2.51. The maximum absolute atomic E-state index is 12.1. The van der Waals surface area contributed by atoms with Crippen molar-refractivity contribution in [3.63, 3.8) is 0 Å². The summed E-state index contributed by atoms with van der Waals surface area (Å²) in [5, 5.41) is 0. The molecule has 21 heavy (non-hydrogen) atoms. The number of cyclic esters (lactones) is 1. The smallest absolute Gasteiger partial charge is 0.309 e. The van der Waals surface area contributed by atoms with Crippen LogP contribution in [0.4, 0.5) is 0 Å². The molecule has 0 aromatic heterocycles. The molecule has 0 spiro atoms. The maximum atomic E-state index is 12.1.